The number of aromatic amines is 1. The van der Waals surface area contributed by atoms with Crippen LogP contribution in [0.1, 0.15) is 24.2 Å². The van der Waals surface area contributed by atoms with Gasteiger partial charge in [0.05, 0.1) is 30.6 Å². The van der Waals surface area contributed by atoms with Gasteiger partial charge in [-0.3, -0.25) is 9.89 Å². The Morgan fingerprint density at radius 2 is 2.35 bits per heavy atom. The molecule has 0 bridgehead atoms. The van der Waals surface area contributed by atoms with Crippen LogP contribution in [0, 0.1) is 0 Å². The van der Waals surface area contributed by atoms with E-state index in [9.17, 15) is 14.7 Å². The lowest BCUT2D eigenvalue weighted by molar-refractivity contribution is -0.116. The first kappa shape index (κ1) is 13.8. The van der Waals surface area contributed by atoms with Crippen LogP contribution >= 0.6 is 0 Å². The normalized spacial score (nSPS) is 15.5. The van der Waals surface area contributed by atoms with Gasteiger partial charge < -0.3 is 15.2 Å². The van der Waals surface area contributed by atoms with Gasteiger partial charge in [-0.05, 0) is 13.8 Å². The highest BCUT2D eigenvalue weighted by atomic mass is 16.5. The number of ether oxygens (including phenoxy) is 1. The minimum absolute atomic E-state index is 0.0755. The average molecular weight is 278 g/mol. The standard InChI is InChI=1S/C12H14N4O4/c1-3-20-12(19)7-4-14-16-10(7)15-6(2)9-8(17)5-13-11(9)18/h4,17H,3,5H2,1-2H3,(H,13,18)(H,14,16)/b15-6+. The number of aromatic nitrogens is 2. The molecule has 1 amide bonds. The number of H-pyrrole nitrogens is 1. The number of aliphatic imine (C=N–C) groups is 1. The first-order chi connectivity index (χ1) is 9.54. The monoisotopic (exact) mass is 278 g/mol. The Hall–Kier alpha value is -2.64. The number of amides is 1. The number of hydrogen-bond acceptors (Lipinski definition) is 6. The molecule has 0 aromatic carbocycles. The molecule has 8 heteroatoms. The van der Waals surface area contributed by atoms with Gasteiger partial charge in [0.2, 0.25) is 0 Å². The Balaban J connectivity index is 2.32. The van der Waals surface area contributed by atoms with E-state index in [1.807, 2.05) is 0 Å². The zero-order valence-electron chi connectivity index (χ0n) is 11.1. The smallest absolute Gasteiger partial charge is 0.343 e. The molecule has 20 heavy (non-hydrogen) atoms. The van der Waals surface area contributed by atoms with Crippen molar-refractivity contribution >= 4 is 23.4 Å². The second kappa shape index (κ2) is 5.55. The maximum Gasteiger partial charge on any atom is 0.343 e. The molecule has 1 aromatic rings. The Morgan fingerprint density at radius 3 is 2.95 bits per heavy atom. The molecule has 8 nitrogen and oxygen atoms in total. The summed E-state index contributed by atoms with van der Waals surface area (Å²) in [4.78, 5) is 27.3. The number of nitrogens with zero attached hydrogens (tertiary/aromatic N) is 2. The third-order valence-corrected chi connectivity index (χ3v) is 2.69. The van der Waals surface area contributed by atoms with Crippen molar-refractivity contribution in [2.24, 2.45) is 4.99 Å². The first-order valence-corrected chi connectivity index (χ1v) is 6.01. The average Bonchev–Trinajstić information content (AvgIpc) is 2.97. The molecular formula is C12H14N4O4. The maximum atomic E-state index is 11.7. The topological polar surface area (TPSA) is 117 Å². The molecule has 0 fully saturated rings. The zero-order chi connectivity index (χ0) is 14.7. The first-order valence-electron chi connectivity index (χ1n) is 6.01. The maximum absolute atomic E-state index is 11.7. The number of nitrogens with one attached hydrogen (secondary N) is 2. The number of carbonyl (C=O) groups is 2. The molecule has 0 radical (unpaired) electrons. The molecule has 2 rings (SSSR count). The number of hydrogen-bond donors (Lipinski definition) is 3. The molecular weight excluding hydrogens is 264 g/mol. The summed E-state index contributed by atoms with van der Waals surface area (Å²) in [7, 11) is 0. The molecule has 0 unspecified atom stereocenters. The van der Waals surface area contributed by atoms with Crippen LogP contribution in [-0.4, -0.2) is 46.0 Å². The number of aliphatic hydroxyl groups is 1. The molecule has 0 saturated heterocycles. The second-order valence-electron chi connectivity index (χ2n) is 4.05. The molecule has 3 N–H and O–H groups in total. The van der Waals surface area contributed by atoms with Crippen molar-refractivity contribution in [3.63, 3.8) is 0 Å². The predicted octanol–water partition coefficient (Wildman–Crippen LogP) is 0.621. The lowest BCUT2D eigenvalue weighted by atomic mass is 10.1. The molecule has 1 aliphatic heterocycles. The Morgan fingerprint density at radius 1 is 1.60 bits per heavy atom. The Kier molecular flexibility index (Phi) is 3.83. The minimum atomic E-state index is -0.554. The van der Waals surface area contributed by atoms with Gasteiger partial charge in [-0.15, -0.1) is 0 Å². The highest BCUT2D eigenvalue weighted by Gasteiger charge is 2.25. The van der Waals surface area contributed by atoms with E-state index >= 15 is 0 Å². The lowest BCUT2D eigenvalue weighted by Crippen LogP contribution is -2.20. The van der Waals surface area contributed by atoms with Crippen molar-refractivity contribution in [3.05, 3.63) is 23.1 Å². The van der Waals surface area contributed by atoms with E-state index in [-0.39, 0.29) is 41.6 Å². The molecule has 106 valence electrons. The van der Waals surface area contributed by atoms with Crippen LogP contribution in [0.5, 0.6) is 0 Å². The van der Waals surface area contributed by atoms with Gasteiger partial charge in [-0.25, -0.2) is 9.79 Å². The Labute approximate surface area is 114 Å². The van der Waals surface area contributed by atoms with Gasteiger partial charge in [-0.2, -0.15) is 5.10 Å². The predicted molar refractivity (Wildman–Crippen MR) is 70.0 cm³/mol. The summed E-state index contributed by atoms with van der Waals surface area (Å²) in [5.74, 6) is -0.850. The summed E-state index contributed by atoms with van der Waals surface area (Å²) in [5.41, 5.74) is 0.561. The quantitative estimate of drug-likeness (QED) is 0.551. The van der Waals surface area contributed by atoms with Crippen LogP contribution in [0.4, 0.5) is 5.82 Å². The van der Waals surface area contributed by atoms with Crippen LogP contribution in [0.3, 0.4) is 0 Å². The van der Waals surface area contributed by atoms with Crippen LogP contribution in [-0.2, 0) is 9.53 Å². The summed E-state index contributed by atoms with van der Waals surface area (Å²) in [6, 6.07) is 0. The summed E-state index contributed by atoms with van der Waals surface area (Å²) < 4.78 is 4.87. The van der Waals surface area contributed by atoms with Crippen molar-refractivity contribution in [1.82, 2.24) is 15.5 Å². The van der Waals surface area contributed by atoms with Gasteiger partial charge in [-0.1, -0.05) is 0 Å². The Bertz CT molecular complexity index is 615. The van der Waals surface area contributed by atoms with Gasteiger partial charge in [0.1, 0.15) is 11.3 Å². The van der Waals surface area contributed by atoms with E-state index in [0.717, 1.165) is 0 Å². The van der Waals surface area contributed by atoms with Crippen LogP contribution in [0.25, 0.3) is 0 Å². The van der Waals surface area contributed by atoms with Crippen LogP contribution in [0.15, 0.2) is 22.5 Å². The van der Waals surface area contributed by atoms with E-state index < -0.39 is 11.9 Å². The fraction of sp³-hybridized carbons (Fsp3) is 0.333. The number of aliphatic hydroxyl groups excluding tert-OH is 1. The SMILES string of the molecule is CCOC(=O)c1cn[nH]c1/N=C(\C)C1=C(O)CNC1=O. The van der Waals surface area contributed by atoms with Crippen molar-refractivity contribution in [1.29, 1.82) is 0 Å². The molecule has 1 aliphatic rings. The van der Waals surface area contributed by atoms with E-state index in [1.165, 1.54) is 6.20 Å². The van der Waals surface area contributed by atoms with Crippen molar-refractivity contribution in [3.8, 4) is 0 Å². The number of rotatable bonds is 4. The van der Waals surface area contributed by atoms with Crippen LogP contribution < -0.4 is 5.32 Å². The van der Waals surface area contributed by atoms with Gasteiger partial charge in [0.25, 0.3) is 5.91 Å². The van der Waals surface area contributed by atoms with Crippen LogP contribution in [0.2, 0.25) is 0 Å². The van der Waals surface area contributed by atoms with E-state index in [0.29, 0.717) is 0 Å². The van der Waals surface area contributed by atoms with Crippen molar-refractivity contribution in [2.75, 3.05) is 13.2 Å². The molecule has 2 heterocycles. The van der Waals surface area contributed by atoms with E-state index in [4.69, 9.17) is 4.74 Å². The highest BCUT2D eigenvalue weighted by Crippen LogP contribution is 2.19. The number of esters is 1. The summed E-state index contributed by atoms with van der Waals surface area (Å²) in [6.07, 6.45) is 1.30. The highest BCUT2D eigenvalue weighted by molar-refractivity contribution is 6.23. The van der Waals surface area contributed by atoms with Crippen molar-refractivity contribution < 1.29 is 19.4 Å². The molecule has 0 saturated carbocycles. The van der Waals surface area contributed by atoms with Gasteiger partial charge in [0, 0.05) is 0 Å². The molecule has 0 atom stereocenters. The van der Waals surface area contributed by atoms with E-state index in [2.05, 4.69) is 20.5 Å². The lowest BCUT2D eigenvalue weighted by Gasteiger charge is -2.02. The third-order valence-electron chi connectivity index (χ3n) is 2.69. The van der Waals surface area contributed by atoms with E-state index in [1.54, 1.807) is 13.8 Å². The largest absolute Gasteiger partial charge is 0.510 e. The van der Waals surface area contributed by atoms with Gasteiger partial charge >= 0.3 is 5.97 Å². The fourth-order valence-corrected chi connectivity index (χ4v) is 1.79. The second-order valence-corrected chi connectivity index (χ2v) is 4.05. The molecule has 1 aromatic heterocycles. The minimum Gasteiger partial charge on any atom is -0.510 e. The zero-order valence-corrected chi connectivity index (χ0v) is 11.1. The summed E-state index contributed by atoms with van der Waals surface area (Å²) in [5, 5.41) is 18.4. The summed E-state index contributed by atoms with van der Waals surface area (Å²) in [6.45, 7) is 3.57. The molecule has 0 spiro atoms. The number of carbonyl (C=O) groups excluding carboxylic acids is 2. The molecule has 0 aliphatic carbocycles. The van der Waals surface area contributed by atoms with Crippen molar-refractivity contribution in [2.45, 2.75) is 13.8 Å². The fourth-order valence-electron chi connectivity index (χ4n) is 1.79. The third kappa shape index (κ3) is 2.53. The summed E-state index contributed by atoms with van der Waals surface area (Å²) >= 11 is 0. The van der Waals surface area contributed by atoms with Gasteiger partial charge in [0.15, 0.2) is 5.82 Å².